The fourth-order valence-corrected chi connectivity index (χ4v) is 3.91. The number of piperidine rings is 1. The lowest BCUT2D eigenvalue weighted by Crippen LogP contribution is -2.35. The van der Waals surface area contributed by atoms with Crippen LogP contribution in [0, 0.1) is 11.8 Å². The summed E-state index contributed by atoms with van der Waals surface area (Å²) < 4.78 is 0. The van der Waals surface area contributed by atoms with Crippen molar-refractivity contribution in [1.29, 1.82) is 0 Å². The van der Waals surface area contributed by atoms with E-state index in [9.17, 15) is 4.79 Å². The number of hydrogen-bond donors (Lipinski definition) is 2. The Kier molecular flexibility index (Phi) is 4.12. The Balaban J connectivity index is 1.73. The maximum absolute atomic E-state index is 12.2. The van der Waals surface area contributed by atoms with Crippen molar-refractivity contribution in [2.24, 2.45) is 11.8 Å². The molecule has 2 N–H and O–H groups in total. The van der Waals surface area contributed by atoms with Gasteiger partial charge < -0.3 is 15.2 Å². The number of hydrogen-bond acceptors (Lipinski definition) is 3. The number of fused-ring (bicyclic) bond motifs is 1. The van der Waals surface area contributed by atoms with Crippen molar-refractivity contribution >= 4 is 39.9 Å². The summed E-state index contributed by atoms with van der Waals surface area (Å²) in [6.45, 7) is 4.25. The molecule has 1 saturated carbocycles. The van der Waals surface area contributed by atoms with Gasteiger partial charge in [-0.1, -0.05) is 24.9 Å². The Morgan fingerprint density at radius 1 is 1.46 bits per heavy atom. The zero-order valence-electron chi connectivity index (χ0n) is 13.9. The molecule has 5 nitrogen and oxygen atoms in total. The zero-order valence-corrected chi connectivity index (χ0v) is 14.7. The van der Waals surface area contributed by atoms with Crippen molar-refractivity contribution in [1.82, 2.24) is 9.97 Å². The Hall–Kier alpha value is -1.75. The van der Waals surface area contributed by atoms with Crippen LogP contribution in [0.15, 0.2) is 12.4 Å². The van der Waals surface area contributed by atoms with Gasteiger partial charge in [-0.2, -0.15) is 0 Å². The average Bonchev–Trinajstić information content (AvgIpc) is 3.38. The number of nitrogens with one attached hydrogen (secondary N) is 2. The number of nitrogens with zero attached hydrogens (tertiary/aromatic N) is 2. The van der Waals surface area contributed by atoms with Crippen LogP contribution in [0.25, 0.3) is 11.0 Å². The monoisotopic (exact) mass is 346 g/mol. The van der Waals surface area contributed by atoms with E-state index in [0.29, 0.717) is 10.9 Å². The maximum atomic E-state index is 12.2. The first kappa shape index (κ1) is 15.8. The molecule has 2 fully saturated rings. The Bertz CT molecular complexity index is 768. The van der Waals surface area contributed by atoms with Crippen LogP contribution in [0.2, 0.25) is 5.02 Å². The summed E-state index contributed by atoms with van der Waals surface area (Å²) in [7, 11) is 0. The van der Waals surface area contributed by atoms with Crippen LogP contribution < -0.4 is 10.2 Å². The minimum Gasteiger partial charge on any atom is -0.369 e. The third kappa shape index (κ3) is 2.86. The number of carbonyl (C=O) groups is 1. The van der Waals surface area contributed by atoms with Gasteiger partial charge >= 0.3 is 0 Å². The van der Waals surface area contributed by atoms with Gasteiger partial charge in [0, 0.05) is 25.2 Å². The first-order chi connectivity index (χ1) is 11.7. The van der Waals surface area contributed by atoms with Crippen molar-refractivity contribution in [3.8, 4) is 0 Å². The molecule has 0 aromatic carbocycles. The van der Waals surface area contributed by atoms with Crippen molar-refractivity contribution in [3.63, 3.8) is 0 Å². The molecular weight excluding hydrogens is 324 g/mol. The Morgan fingerprint density at radius 2 is 2.29 bits per heavy atom. The Morgan fingerprint density at radius 3 is 3.04 bits per heavy atom. The third-order valence-electron chi connectivity index (χ3n) is 5.25. The van der Waals surface area contributed by atoms with E-state index < -0.39 is 0 Å². The van der Waals surface area contributed by atoms with Crippen LogP contribution in [0.5, 0.6) is 0 Å². The summed E-state index contributed by atoms with van der Waals surface area (Å²) in [6.07, 6.45) is 9.15. The van der Waals surface area contributed by atoms with E-state index in [1.54, 1.807) is 6.20 Å². The molecule has 1 amide bonds. The van der Waals surface area contributed by atoms with Crippen LogP contribution in [0.4, 0.5) is 11.4 Å². The summed E-state index contributed by atoms with van der Waals surface area (Å²) >= 11 is 6.54. The number of anilines is 2. The number of rotatable bonds is 4. The minimum absolute atomic E-state index is 0.104. The zero-order chi connectivity index (χ0) is 16.7. The summed E-state index contributed by atoms with van der Waals surface area (Å²) in [6, 6.07) is 0. The first-order valence-corrected chi connectivity index (χ1v) is 9.26. The smallest absolute Gasteiger partial charge is 0.227 e. The molecule has 1 atom stereocenters. The quantitative estimate of drug-likeness (QED) is 0.872. The van der Waals surface area contributed by atoms with Gasteiger partial charge in [0.05, 0.1) is 28.0 Å². The highest BCUT2D eigenvalue weighted by atomic mass is 35.5. The molecule has 1 aliphatic heterocycles. The normalized spacial score (nSPS) is 21.2. The largest absolute Gasteiger partial charge is 0.369 e. The lowest BCUT2D eigenvalue weighted by molar-refractivity contribution is -0.117. The molecule has 4 rings (SSSR count). The van der Waals surface area contributed by atoms with Gasteiger partial charge in [-0.3, -0.25) is 4.79 Å². The maximum Gasteiger partial charge on any atom is 0.227 e. The fourth-order valence-electron chi connectivity index (χ4n) is 3.65. The predicted molar refractivity (Wildman–Crippen MR) is 97.7 cm³/mol. The fraction of sp³-hybridized carbons (Fsp3) is 0.556. The third-order valence-corrected chi connectivity index (χ3v) is 5.52. The van der Waals surface area contributed by atoms with E-state index in [2.05, 4.69) is 27.1 Å². The van der Waals surface area contributed by atoms with Gasteiger partial charge in [0.2, 0.25) is 5.91 Å². The van der Waals surface area contributed by atoms with Gasteiger partial charge in [-0.05, 0) is 31.6 Å². The van der Waals surface area contributed by atoms with E-state index in [0.717, 1.165) is 48.3 Å². The summed E-state index contributed by atoms with van der Waals surface area (Å²) in [5, 5.41) is 4.65. The number of carbonyl (C=O) groups excluding carboxylic acids is 1. The molecule has 2 aromatic heterocycles. The number of H-pyrrole nitrogens is 1. The molecular formula is C18H23ClN4O. The van der Waals surface area contributed by atoms with Crippen LogP contribution >= 0.6 is 11.6 Å². The summed E-state index contributed by atoms with van der Waals surface area (Å²) in [5.74, 6) is 0.971. The molecule has 2 aliphatic rings. The van der Waals surface area contributed by atoms with Crippen LogP contribution in [0.3, 0.4) is 0 Å². The standard InChI is InChI=1S/C18H23ClN4O/c1-2-11-4-3-7-23(10-11)16-13(19)8-20-17-15(16)14(9-21-17)22-18(24)12-5-6-12/h8-9,11-12H,2-7,10H2,1H3,(H,20,21)(H,22,24)/t11-/m1/s1. The van der Waals surface area contributed by atoms with E-state index >= 15 is 0 Å². The van der Waals surface area contributed by atoms with Gasteiger partial charge in [-0.25, -0.2) is 4.98 Å². The van der Waals surface area contributed by atoms with Crippen molar-refractivity contribution in [3.05, 3.63) is 17.4 Å². The van der Waals surface area contributed by atoms with Gasteiger partial charge in [0.15, 0.2) is 0 Å². The van der Waals surface area contributed by atoms with Crippen molar-refractivity contribution in [2.75, 3.05) is 23.3 Å². The Labute approximate surface area is 146 Å². The van der Waals surface area contributed by atoms with E-state index in [4.69, 9.17) is 11.6 Å². The highest BCUT2D eigenvalue weighted by molar-refractivity contribution is 6.35. The number of aromatic amines is 1. The lowest BCUT2D eigenvalue weighted by atomic mass is 9.95. The van der Waals surface area contributed by atoms with Gasteiger partial charge in [-0.15, -0.1) is 0 Å². The van der Waals surface area contributed by atoms with Gasteiger partial charge in [0.25, 0.3) is 0 Å². The molecule has 3 heterocycles. The SMILES string of the molecule is CC[C@@H]1CCCN(c2c(Cl)cnc3[nH]cc(NC(=O)C4CC4)c23)C1. The molecule has 0 unspecified atom stereocenters. The topological polar surface area (TPSA) is 61.0 Å². The van der Waals surface area contributed by atoms with Gasteiger partial charge in [0.1, 0.15) is 5.65 Å². The number of amides is 1. The summed E-state index contributed by atoms with van der Waals surface area (Å²) in [4.78, 5) is 22.1. The molecule has 24 heavy (non-hydrogen) atoms. The molecule has 0 radical (unpaired) electrons. The molecule has 1 aliphatic carbocycles. The second kappa shape index (κ2) is 6.28. The van der Waals surface area contributed by atoms with Crippen LogP contribution in [-0.2, 0) is 4.79 Å². The average molecular weight is 347 g/mol. The van der Waals surface area contributed by atoms with E-state index in [-0.39, 0.29) is 11.8 Å². The second-order valence-corrected chi connectivity index (χ2v) is 7.41. The molecule has 2 aromatic rings. The number of aromatic nitrogens is 2. The predicted octanol–water partition coefficient (Wildman–Crippen LogP) is 4.19. The minimum atomic E-state index is 0.104. The first-order valence-electron chi connectivity index (χ1n) is 8.88. The van der Waals surface area contributed by atoms with Crippen molar-refractivity contribution in [2.45, 2.75) is 39.0 Å². The van der Waals surface area contributed by atoms with E-state index in [1.807, 2.05) is 6.20 Å². The second-order valence-electron chi connectivity index (χ2n) is 7.01. The van der Waals surface area contributed by atoms with Crippen LogP contribution in [0.1, 0.15) is 39.0 Å². The van der Waals surface area contributed by atoms with Crippen LogP contribution in [-0.4, -0.2) is 29.0 Å². The molecule has 0 spiro atoms. The lowest BCUT2D eigenvalue weighted by Gasteiger charge is -2.35. The molecule has 128 valence electrons. The highest BCUT2D eigenvalue weighted by Crippen LogP contribution is 2.40. The van der Waals surface area contributed by atoms with Crippen molar-refractivity contribution < 1.29 is 4.79 Å². The summed E-state index contributed by atoms with van der Waals surface area (Å²) in [5.41, 5.74) is 2.58. The molecule has 6 heteroatoms. The number of pyridine rings is 1. The molecule has 0 bridgehead atoms. The van der Waals surface area contributed by atoms with E-state index in [1.165, 1.54) is 19.3 Å². The molecule has 1 saturated heterocycles. The highest BCUT2D eigenvalue weighted by Gasteiger charge is 2.31. The number of halogens is 1.